The van der Waals surface area contributed by atoms with Gasteiger partial charge in [-0.3, -0.25) is 9.59 Å². The minimum atomic E-state index is -1.62. The SMILES string of the molecule is CC/C=C\C/C=C\C/C=C\C/C=C\C/C=C\CCCCCCCCCC(=O)OC1C(OCC(NC(=O)C(O)CCCCCCCC/C=C/C/C=C/CC)C(O)/C=C/CCCCCCCCCCCC)OC(CO)C(O)C1O. The molecule has 0 aliphatic carbocycles. The van der Waals surface area contributed by atoms with Crippen LogP contribution in [0.15, 0.2) is 97.2 Å². The molecular formula is C66H113NO10. The Morgan fingerprint density at radius 1 is 0.519 bits per heavy atom. The first kappa shape index (κ1) is 71.6. The Hall–Kier alpha value is -3.42. The van der Waals surface area contributed by atoms with Gasteiger partial charge >= 0.3 is 5.97 Å². The molecule has 6 N–H and O–H groups in total. The monoisotopic (exact) mass is 1080 g/mol. The van der Waals surface area contributed by atoms with E-state index >= 15 is 0 Å². The third kappa shape index (κ3) is 41.3. The van der Waals surface area contributed by atoms with Crippen LogP contribution in [0.1, 0.15) is 245 Å². The Labute approximate surface area is 469 Å². The molecule has 1 aliphatic rings. The molecule has 0 saturated carbocycles. The second kappa shape index (κ2) is 53.2. The number of aliphatic hydroxyl groups excluding tert-OH is 5. The first-order valence-electron chi connectivity index (χ1n) is 31.0. The number of amides is 1. The van der Waals surface area contributed by atoms with Crippen molar-refractivity contribution in [2.24, 2.45) is 0 Å². The van der Waals surface area contributed by atoms with Crippen LogP contribution in [0.25, 0.3) is 0 Å². The van der Waals surface area contributed by atoms with Crippen molar-refractivity contribution in [1.29, 1.82) is 0 Å². The van der Waals surface area contributed by atoms with E-state index in [1.807, 2.05) is 6.08 Å². The predicted octanol–water partition coefficient (Wildman–Crippen LogP) is 14.7. The summed E-state index contributed by atoms with van der Waals surface area (Å²) in [5.41, 5.74) is 0. The van der Waals surface area contributed by atoms with E-state index in [2.05, 4.69) is 111 Å². The quantitative estimate of drug-likeness (QED) is 0.0195. The molecule has 11 heteroatoms. The zero-order valence-corrected chi connectivity index (χ0v) is 48.8. The fourth-order valence-corrected chi connectivity index (χ4v) is 9.13. The average molecular weight is 1080 g/mol. The molecule has 0 aromatic rings. The van der Waals surface area contributed by atoms with Gasteiger partial charge in [0.05, 0.1) is 25.4 Å². The number of allylic oxidation sites excluding steroid dienone is 15. The molecule has 11 nitrogen and oxygen atoms in total. The summed E-state index contributed by atoms with van der Waals surface area (Å²) in [7, 11) is 0. The molecule has 442 valence electrons. The molecule has 0 bridgehead atoms. The lowest BCUT2D eigenvalue weighted by Gasteiger charge is -2.41. The van der Waals surface area contributed by atoms with E-state index in [-0.39, 0.29) is 19.4 Å². The number of nitrogens with one attached hydrogen (secondary N) is 1. The second-order valence-corrected chi connectivity index (χ2v) is 21.0. The van der Waals surface area contributed by atoms with Crippen molar-refractivity contribution < 1.29 is 49.3 Å². The number of ether oxygens (including phenoxy) is 3. The van der Waals surface area contributed by atoms with Crippen molar-refractivity contribution >= 4 is 11.9 Å². The number of unbranched alkanes of at least 4 members (excludes halogenated alkanes) is 23. The number of rotatable bonds is 51. The molecule has 8 atom stereocenters. The summed E-state index contributed by atoms with van der Waals surface area (Å²) in [5.74, 6) is -1.22. The molecule has 0 aromatic heterocycles. The van der Waals surface area contributed by atoms with Gasteiger partial charge in [0.1, 0.15) is 24.4 Å². The number of carbonyl (C=O) groups excluding carboxylic acids is 2. The van der Waals surface area contributed by atoms with E-state index in [4.69, 9.17) is 14.2 Å². The molecule has 1 fully saturated rings. The minimum Gasteiger partial charge on any atom is -0.454 e. The maximum Gasteiger partial charge on any atom is 0.306 e. The first-order chi connectivity index (χ1) is 37.7. The molecule has 1 heterocycles. The third-order valence-electron chi connectivity index (χ3n) is 14.0. The van der Waals surface area contributed by atoms with Gasteiger partial charge in [0.15, 0.2) is 12.4 Å². The lowest BCUT2D eigenvalue weighted by Crippen LogP contribution is -2.61. The highest BCUT2D eigenvalue weighted by molar-refractivity contribution is 5.80. The molecule has 1 saturated heterocycles. The summed E-state index contributed by atoms with van der Waals surface area (Å²) in [6.45, 7) is 5.55. The average Bonchev–Trinajstić information content (AvgIpc) is 3.43. The molecular weight excluding hydrogens is 967 g/mol. The van der Waals surface area contributed by atoms with Crippen LogP contribution in [0.3, 0.4) is 0 Å². The second-order valence-electron chi connectivity index (χ2n) is 21.0. The van der Waals surface area contributed by atoms with Gasteiger partial charge in [-0.25, -0.2) is 0 Å². The van der Waals surface area contributed by atoms with Crippen molar-refractivity contribution in [2.45, 2.75) is 294 Å². The van der Waals surface area contributed by atoms with Gasteiger partial charge < -0.3 is 45.1 Å². The van der Waals surface area contributed by atoms with Crippen LogP contribution in [0.4, 0.5) is 0 Å². The Balaban J connectivity index is 2.65. The van der Waals surface area contributed by atoms with Gasteiger partial charge in [0, 0.05) is 6.42 Å². The summed E-state index contributed by atoms with van der Waals surface area (Å²) < 4.78 is 17.6. The van der Waals surface area contributed by atoms with Crippen LogP contribution >= 0.6 is 0 Å². The third-order valence-corrected chi connectivity index (χ3v) is 14.0. The van der Waals surface area contributed by atoms with E-state index in [1.54, 1.807) is 6.08 Å². The standard InChI is InChI=1S/C66H113NO10/c1-4-7-10-13-16-19-22-25-26-27-28-29-30-31-32-33-34-36-39-42-45-48-51-54-61(71)77-64-63(73)62(72)60(55-68)76-66(64)75-56-57(58(69)52-49-46-43-40-37-24-21-18-15-12-9-6-3)67-65(74)59(70)53-50-47-44-41-38-35-23-20-17-14-11-8-5-2/h7-8,10-11,16-17,19-20,25-26,28-29,31-32,49,52,57-60,62-64,66,68-70,72-73H,4-6,9,12-15,18,21-24,27,30,33-48,50-51,53-56H2,1-3H3,(H,67,74)/b10-7-,11-8+,19-16-,20-17+,26-25-,29-28-,32-31-,52-49+. The molecule has 0 spiro atoms. The van der Waals surface area contributed by atoms with E-state index < -0.39 is 67.4 Å². The summed E-state index contributed by atoms with van der Waals surface area (Å²) in [6.07, 6.45) is 60.1. The zero-order valence-electron chi connectivity index (χ0n) is 48.8. The zero-order chi connectivity index (χ0) is 56.1. The van der Waals surface area contributed by atoms with Gasteiger partial charge in [-0.05, 0) is 96.3 Å². The molecule has 0 radical (unpaired) electrons. The van der Waals surface area contributed by atoms with E-state index in [0.29, 0.717) is 12.8 Å². The Morgan fingerprint density at radius 3 is 1.40 bits per heavy atom. The number of hydrogen-bond donors (Lipinski definition) is 6. The highest BCUT2D eigenvalue weighted by Crippen LogP contribution is 2.26. The van der Waals surface area contributed by atoms with Crippen LogP contribution in [0.2, 0.25) is 0 Å². The van der Waals surface area contributed by atoms with E-state index in [0.717, 1.165) is 148 Å². The Bertz CT molecular complexity index is 1620. The lowest BCUT2D eigenvalue weighted by atomic mass is 9.99. The first-order valence-corrected chi connectivity index (χ1v) is 31.0. The van der Waals surface area contributed by atoms with Crippen molar-refractivity contribution in [3.63, 3.8) is 0 Å². The maximum atomic E-state index is 13.4. The van der Waals surface area contributed by atoms with Crippen LogP contribution < -0.4 is 5.32 Å². The van der Waals surface area contributed by atoms with Gasteiger partial charge in [-0.2, -0.15) is 0 Å². The molecule has 1 amide bonds. The van der Waals surface area contributed by atoms with Gasteiger partial charge in [-0.15, -0.1) is 0 Å². The molecule has 8 unspecified atom stereocenters. The highest BCUT2D eigenvalue weighted by atomic mass is 16.7. The summed E-state index contributed by atoms with van der Waals surface area (Å²) in [6, 6.07) is -1.03. The fraction of sp³-hybridized carbons (Fsp3) is 0.727. The van der Waals surface area contributed by atoms with E-state index in [1.165, 1.54) is 51.4 Å². The Kier molecular flexibility index (Phi) is 49.5. The van der Waals surface area contributed by atoms with Crippen molar-refractivity contribution in [3.8, 4) is 0 Å². The normalized spacial score (nSPS) is 19.7. The molecule has 1 rings (SSSR count). The topological polar surface area (TPSA) is 175 Å². The Morgan fingerprint density at radius 2 is 0.935 bits per heavy atom. The summed E-state index contributed by atoms with van der Waals surface area (Å²) in [4.78, 5) is 26.5. The van der Waals surface area contributed by atoms with Crippen molar-refractivity contribution in [2.75, 3.05) is 13.2 Å². The lowest BCUT2D eigenvalue weighted by molar-refractivity contribution is -0.305. The van der Waals surface area contributed by atoms with Crippen LogP contribution in [0, 0.1) is 0 Å². The minimum absolute atomic E-state index is 0.105. The smallest absolute Gasteiger partial charge is 0.306 e. The summed E-state index contributed by atoms with van der Waals surface area (Å²) in [5, 5.41) is 56.9. The molecule has 1 aliphatic heterocycles. The largest absolute Gasteiger partial charge is 0.454 e. The van der Waals surface area contributed by atoms with Crippen LogP contribution in [0.5, 0.6) is 0 Å². The van der Waals surface area contributed by atoms with Crippen LogP contribution in [-0.4, -0.2) is 99.6 Å². The number of carbonyl (C=O) groups is 2. The molecule has 0 aromatic carbocycles. The highest BCUT2D eigenvalue weighted by Gasteiger charge is 2.47. The van der Waals surface area contributed by atoms with Crippen LogP contribution in [-0.2, 0) is 23.8 Å². The predicted molar refractivity (Wildman–Crippen MR) is 319 cm³/mol. The maximum absolute atomic E-state index is 13.4. The van der Waals surface area contributed by atoms with Crippen molar-refractivity contribution in [3.05, 3.63) is 97.2 Å². The number of aliphatic hydroxyl groups is 5. The summed E-state index contributed by atoms with van der Waals surface area (Å²) >= 11 is 0. The number of esters is 1. The van der Waals surface area contributed by atoms with Gasteiger partial charge in [0.25, 0.3) is 0 Å². The number of hydrogen-bond acceptors (Lipinski definition) is 10. The molecule has 77 heavy (non-hydrogen) atoms. The van der Waals surface area contributed by atoms with Crippen molar-refractivity contribution in [1.82, 2.24) is 5.32 Å². The van der Waals surface area contributed by atoms with Gasteiger partial charge in [-0.1, -0.05) is 240 Å². The fourth-order valence-electron chi connectivity index (χ4n) is 9.13. The van der Waals surface area contributed by atoms with E-state index in [9.17, 15) is 35.1 Å². The van der Waals surface area contributed by atoms with Gasteiger partial charge in [0.2, 0.25) is 5.91 Å².